The Labute approximate surface area is 93.6 Å². The van der Waals surface area contributed by atoms with Crippen molar-refractivity contribution in [2.24, 2.45) is 11.7 Å². The Morgan fingerprint density at radius 3 is 2.67 bits per heavy atom. The predicted octanol–water partition coefficient (Wildman–Crippen LogP) is 1.21. The van der Waals surface area contributed by atoms with Crippen molar-refractivity contribution >= 4 is 0 Å². The maximum atomic E-state index is 9.85. The van der Waals surface area contributed by atoms with Gasteiger partial charge < -0.3 is 15.7 Å². The first-order valence-electron chi connectivity index (χ1n) is 6.11. The van der Waals surface area contributed by atoms with E-state index in [1.807, 2.05) is 6.92 Å². The molecule has 0 radical (unpaired) electrons. The lowest BCUT2D eigenvalue weighted by molar-refractivity contribution is 0.0324. The quantitative estimate of drug-likeness (QED) is 0.739. The van der Waals surface area contributed by atoms with Gasteiger partial charge >= 0.3 is 0 Å². The molecule has 1 fully saturated rings. The summed E-state index contributed by atoms with van der Waals surface area (Å²) in [5, 5.41) is 9.85. The SMILES string of the molecule is CC1CCC(C)N(CCC(C)(O)CN)C1. The number of hydrogen-bond donors (Lipinski definition) is 2. The monoisotopic (exact) mass is 214 g/mol. The van der Waals surface area contributed by atoms with Gasteiger partial charge in [0.15, 0.2) is 0 Å². The number of piperidine rings is 1. The molecule has 0 spiro atoms. The van der Waals surface area contributed by atoms with Crippen molar-refractivity contribution in [2.75, 3.05) is 19.6 Å². The first kappa shape index (κ1) is 12.9. The summed E-state index contributed by atoms with van der Waals surface area (Å²) in [5.41, 5.74) is 4.82. The van der Waals surface area contributed by atoms with Crippen LogP contribution in [0.1, 0.15) is 40.0 Å². The molecule has 1 aliphatic rings. The molecule has 90 valence electrons. The van der Waals surface area contributed by atoms with Crippen LogP contribution in [0.25, 0.3) is 0 Å². The Balaban J connectivity index is 2.36. The molecule has 1 aliphatic heterocycles. The van der Waals surface area contributed by atoms with Crippen LogP contribution in [0.3, 0.4) is 0 Å². The van der Waals surface area contributed by atoms with Crippen LogP contribution in [0.5, 0.6) is 0 Å². The maximum Gasteiger partial charge on any atom is 0.0753 e. The van der Waals surface area contributed by atoms with Gasteiger partial charge in [-0.15, -0.1) is 0 Å². The fraction of sp³-hybridized carbons (Fsp3) is 1.00. The Hall–Kier alpha value is -0.120. The molecule has 0 bridgehead atoms. The highest BCUT2D eigenvalue weighted by Crippen LogP contribution is 2.22. The highest BCUT2D eigenvalue weighted by atomic mass is 16.3. The fourth-order valence-corrected chi connectivity index (χ4v) is 2.18. The van der Waals surface area contributed by atoms with Crippen LogP contribution in [0.4, 0.5) is 0 Å². The zero-order valence-corrected chi connectivity index (χ0v) is 10.4. The van der Waals surface area contributed by atoms with E-state index in [0.29, 0.717) is 12.6 Å². The van der Waals surface area contributed by atoms with E-state index in [2.05, 4.69) is 18.7 Å². The smallest absolute Gasteiger partial charge is 0.0753 e. The van der Waals surface area contributed by atoms with Crippen LogP contribution < -0.4 is 5.73 Å². The maximum absolute atomic E-state index is 9.85. The summed E-state index contributed by atoms with van der Waals surface area (Å²) < 4.78 is 0. The van der Waals surface area contributed by atoms with E-state index in [9.17, 15) is 5.11 Å². The number of likely N-dealkylation sites (tertiary alicyclic amines) is 1. The zero-order chi connectivity index (χ0) is 11.5. The van der Waals surface area contributed by atoms with E-state index in [0.717, 1.165) is 18.9 Å². The third-order valence-electron chi connectivity index (χ3n) is 3.62. The summed E-state index contributed by atoms with van der Waals surface area (Å²) >= 11 is 0. The third-order valence-corrected chi connectivity index (χ3v) is 3.62. The summed E-state index contributed by atoms with van der Waals surface area (Å²) in [4.78, 5) is 2.48. The van der Waals surface area contributed by atoms with Crippen molar-refractivity contribution < 1.29 is 5.11 Å². The van der Waals surface area contributed by atoms with E-state index < -0.39 is 5.60 Å². The lowest BCUT2D eigenvalue weighted by Gasteiger charge is -2.38. The van der Waals surface area contributed by atoms with Crippen LogP contribution in [0.15, 0.2) is 0 Å². The second-order valence-electron chi connectivity index (χ2n) is 5.48. The van der Waals surface area contributed by atoms with E-state index >= 15 is 0 Å². The molecule has 3 nitrogen and oxygen atoms in total. The lowest BCUT2D eigenvalue weighted by Crippen LogP contribution is -2.45. The minimum Gasteiger partial charge on any atom is -0.389 e. The first-order chi connectivity index (χ1) is 6.94. The van der Waals surface area contributed by atoms with Gasteiger partial charge in [-0.05, 0) is 39.0 Å². The molecule has 0 saturated carbocycles. The molecule has 3 unspecified atom stereocenters. The van der Waals surface area contributed by atoms with Crippen LogP contribution in [0, 0.1) is 5.92 Å². The number of rotatable bonds is 4. The summed E-state index contributed by atoms with van der Waals surface area (Å²) in [5.74, 6) is 0.795. The van der Waals surface area contributed by atoms with Gasteiger partial charge in [0, 0.05) is 25.7 Å². The van der Waals surface area contributed by atoms with Gasteiger partial charge in [0.2, 0.25) is 0 Å². The highest BCUT2D eigenvalue weighted by Gasteiger charge is 2.25. The van der Waals surface area contributed by atoms with Crippen LogP contribution in [-0.4, -0.2) is 41.3 Å². The molecule has 3 N–H and O–H groups in total. The summed E-state index contributed by atoms with van der Waals surface area (Å²) in [6, 6.07) is 0.662. The van der Waals surface area contributed by atoms with Crippen molar-refractivity contribution in [3.05, 3.63) is 0 Å². The minimum atomic E-state index is -0.694. The Bertz CT molecular complexity index is 194. The summed E-state index contributed by atoms with van der Waals surface area (Å²) in [6.45, 7) is 8.90. The van der Waals surface area contributed by atoms with Crippen molar-refractivity contribution in [1.29, 1.82) is 0 Å². The molecule has 0 aliphatic carbocycles. The third kappa shape index (κ3) is 4.09. The summed E-state index contributed by atoms with van der Waals surface area (Å²) in [6.07, 6.45) is 3.40. The molecule has 0 amide bonds. The van der Waals surface area contributed by atoms with Gasteiger partial charge in [0.1, 0.15) is 0 Å². The van der Waals surface area contributed by atoms with Crippen molar-refractivity contribution in [3.63, 3.8) is 0 Å². The highest BCUT2D eigenvalue weighted by molar-refractivity contribution is 4.81. The Kier molecular flexibility index (Phi) is 4.56. The zero-order valence-electron chi connectivity index (χ0n) is 10.4. The fourth-order valence-electron chi connectivity index (χ4n) is 2.18. The van der Waals surface area contributed by atoms with Crippen LogP contribution in [0.2, 0.25) is 0 Å². The predicted molar refractivity (Wildman–Crippen MR) is 63.7 cm³/mol. The average molecular weight is 214 g/mol. The summed E-state index contributed by atoms with van der Waals surface area (Å²) in [7, 11) is 0. The number of nitrogens with two attached hydrogens (primary N) is 1. The molecule has 3 atom stereocenters. The van der Waals surface area contributed by atoms with E-state index in [4.69, 9.17) is 5.73 Å². The second-order valence-corrected chi connectivity index (χ2v) is 5.48. The number of hydrogen-bond acceptors (Lipinski definition) is 3. The van der Waals surface area contributed by atoms with Crippen molar-refractivity contribution in [2.45, 2.75) is 51.7 Å². The molecule has 0 aromatic rings. The van der Waals surface area contributed by atoms with Gasteiger partial charge in [-0.3, -0.25) is 0 Å². The molecule has 3 heteroatoms. The molecular weight excluding hydrogens is 188 g/mol. The van der Waals surface area contributed by atoms with E-state index in [-0.39, 0.29) is 0 Å². The van der Waals surface area contributed by atoms with Gasteiger partial charge in [-0.1, -0.05) is 6.92 Å². The molecule has 0 aromatic carbocycles. The Morgan fingerprint density at radius 1 is 1.40 bits per heavy atom. The molecule has 1 rings (SSSR count). The lowest BCUT2D eigenvalue weighted by atomic mass is 9.93. The van der Waals surface area contributed by atoms with Crippen LogP contribution in [-0.2, 0) is 0 Å². The number of nitrogens with zero attached hydrogens (tertiary/aromatic N) is 1. The van der Waals surface area contributed by atoms with Crippen molar-refractivity contribution in [1.82, 2.24) is 4.90 Å². The van der Waals surface area contributed by atoms with Gasteiger partial charge in [-0.25, -0.2) is 0 Å². The normalized spacial score (nSPS) is 32.6. The van der Waals surface area contributed by atoms with E-state index in [1.54, 1.807) is 0 Å². The molecule has 1 heterocycles. The Morgan fingerprint density at radius 2 is 2.07 bits per heavy atom. The van der Waals surface area contributed by atoms with Gasteiger partial charge in [0.05, 0.1) is 5.60 Å². The first-order valence-corrected chi connectivity index (χ1v) is 6.11. The van der Waals surface area contributed by atoms with Crippen LogP contribution >= 0.6 is 0 Å². The largest absolute Gasteiger partial charge is 0.389 e. The molecule has 0 aromatic heterocycles. The topological polar surface area (TPSA) is 49.5 Å². The molecule has 1 saturated heterocycles. The standard InChI is InChI=1S/C12H26N2O/c1-10-4-5-11(2)14(8-10)7-6-12(3,15)9-13/h10-11,15H,4-9,13H2,1-3H3. The number of aliphatic hydroxyl groups is 1. The van der Waals surface area contributed by atoms with Gasteiger partial charge in [0.25, 0.3) is 0 Å². The average Bonchev–Trinajstić information content (AvgIpc) is 2.20. The minimum absolute atomic E-state index is 0.352. The van der Waals surface area contributed by atoms with E-state index in [1.165, 1.54) is 19.4 Å². The molecular formula is C12H26N2O. The van der Waals surface area contributed by atoms with Gasteiger partial charge in [-0.2, -0.15) is 0 Å². The second kappa shape index (κ2) is 5.28. The van der Waals surface area contributed by atoms with Crippen molar-refractivity contribution in [3.8, 4) is 0 Å². The molecule has 15 heavy (non-hydrogen) atoms.